The van der Waals surface area contributed by atoms with Crippen LogP contribution in [0.25, 0.3) is 0 Å². The van der Waals surface area contributed by atoms with Gasteiger partial charge >= 0.3 is 0 Å². The Labute approximate surface area is 75.8 Å². The average Bonchev–Trinajstić information content (AvgIpc) is 2.02. The highest BCUT2D eigenvalue weighted by Gasteiger charge is 2.01. The van der Waals surface area contributed by atoms with Crippen LogP contribution in [0.3, 0.4) is 0 Å². The van der Waals surface area contributed by atoms with Crippen molar-refractivity contribution >= 4 is 5.82 Å². The van der Waals surface area contributed by atoms with E-state index < -0.39 is 0 Å². The molecule has 1 heterocycles. The number of aryl methyl sites for hydroxylation is 1. The summed E-state index contributed by atoms with van der Waals surface area (Å²) in [5, 5.41) is 11.7. The highest BCUT2D eigenvalue weighted by molar-refractivity contribution is 5.33. The largest absolute Gasteiger partial charge is 0.394 e. The molecule has 1 unspecified atom stereocenters. The lowest BCUT2D eigenvalue weighted by molar-refractivity contribution is 0.281. The minimum absolute atomic E-state index is 0.00747. The standard InChI is InChI=1S/C8H13N3O2/c1-5(4-12)9-7-3-8(13)11-6(2)10-7/h3,5,12H,4H2,1-2H3,(H2,9,10,11,13). The van der Waals surface area contributed by atoms with Crippen LogP contribution in [0.2, 0.25) is 0 Å². The van der Waals surface area contributed by atoms with Crippen LogP contribution in [0.4, 0.5) is 5.82 Å². The summed E-state index contributed by atoms with van der Waals surface area (Å²) in [4.78, 5) is 17.6. The fraction of sp³-hybridized carbons (Fsp3) is 0.500. The SMILES string of the molecule is Cc1nc(NC(C)CO)cc(=O)[nH]1. The van der Waals surface area contributed by atoms with Crippen molar-refractivity contribution in [2.75, 3.05) is 11.9 Å². The fourth-order valence-electron chi connectivity index (χ4n) is 0.951. The second kappa shape index (κ2) is 4.04. The van der Waals surface area contributed by atoms with Gasteiger partial charge < -0.3 is 15.4 Å². The number of aromatic amines is 1. The van der Waals surface area contributed by atoms with Crippen molar-refractivity contribution in [2.24, 2.45) is 0 Å². The van der Waals surface area contributed by atoms with E-state index in [1.165, 1.54) is 6.07 Å². The van der Waals surface area contributed by atoms with Gasteiger partial charge in [0.1, 0.15) is 11.6 Å². The van der Waals surface area contributed by atoms with E-state index >= 15 is 0 Å². The number of nitrogens with one attached hydrogen (secondary N) is 2. The summed E-state index contributed by atoms with van der Waals surface area (Å²) in [5.41, 5.74) is -0.194. The van der Waals surface area contributed by atoms with E-state index in [9.17, 15) is 4.79 Å². The maximum atomic E-state index is 11.0. The number of aliphatic hydroxyl groups is 1. The normalized spacial score (nSPS) is 12.5. The van der Waals surface area contributed by atoms with Crippen molar-refractivity contribution in [2.45, 2.75) is 19.9 Å². The molecule has 0 radical (unpaired) electrons. The summed E-state index contributed by atoms with van der Waals surface area (Å²) in [5.74, 6) is 1.04. The minimum atomic E-state index is -0.194. The van der Waals surface area contributed by atoms with Gasteiger partial charge in [-0.3, -0.25) is 4.79 Å². The number of hydrogen-bond donors (Lipinski definition) is 3. The molecule has 5 heteroatoms. The van der Waals surface area contributed by atoms with Crippen LogP contribution < -0.4 is 10.9 Å². The number of anilines is 1. The third kappa shape index (κ3) is 2.87. The molecule has 13 heavy (non-hydrogen) atoms. The van der Waals surface area contributed by atoms with Gasteiger partial charge in [-0.05, 0) is 13.8 Å². The molecule has 5 nitrogen and oxygen atoms in total. The van der Waals surface area contributed by atoms with E-state index in [0.717, 1.165) is 0 Å². The van der Waals surface area contributed by atoms with Gasteiger partial charge in [0.15, 0.2) is 0 Å². The van der Waals surface area contributed by atoms with Gasteiger partial charge in [-0.15, -0.1) is 0 Å². The van der Waals surface area contributed by atoms with Crippen molar-refractivity contribution < 1.29 is 5.11 Å². The molecular formula is C8H13N3O2. The lowest BCUT2D eigenvalue weighted by atomic mass is 10.3. The molecule has 0 aliphatic heterocycles. The second-order valence-corrected chi connectivity index (χ2v) is 2.94. The zero-order valence-corrected chi connectivity index (χ0v) is 7.66. The Morgan fingerprint density at radius 2 is 2.46 bits per heavy atom. The Kier molecular flexibility index (Phi) is 3.02. The van der Waals surface area contributed by atoms with Crippen LogP contribution in [0.15, 0.2) is 10.9 Å². The van der Waals surface area contributed by atoms with Gasteiger partial charge in [-0.1, -0.05) is 0 Å². The molecule has 72 valence electrons. The molecule has 0 fully saturated rings. The summed E-state index contributed by atoms with van der Waals surface area (Å²) < 4.78 is 0. The Morgan fingerprint density at radius 1 is 1.77 bits per heavy atom. The first kappa shape index (κ1) is 9.73. The number of H-pyrrole nitrogens is 1. The summed E-state index contributed by atoms with van der Waals surface area (Å²) >= 11 is 0. The quantitative estimate of drug-likeness (QED) is 0.610. The molecule has 0 spiro atoms. The van der Waals surface area contributed by atoms with Gasteiger partial charge in [0.05, 0.1) is 6.61 Å². The molecule has 0 amide bonds. The monoisotopic (exact) mass is 183 g/mol. The summed E-state index contributed by atoms with van der Waals surface area (Å²) in [6.45, 7) is 3.52. The van der Waals surface area contributed by atoms with Gasteiger partial charge in [0.25, 0.3) is 5.56 Å². The molecule has 1 aromatic heterocycles. The first-order chi connectivity index (χ1) is 6.11. The summed E-state index contributed by atoms with van der Waals surface area (Å²) in [6, 6.07) is 1.26. The third-order valence-corrected chi connectivity index (χ3v) is 1.53. The van der Waals surface area contributed by atoms with E-state index in [-0.39, 0.29) is 18.2 Å². The van der Waals surface area contributed by atoms with E-state index in [0.29, 0.717) is 11.6 Å². The lowest BCUT2D eigenvalue weighted by Gasteiger charge is -2.10. The lowest BCUT2D eigenvalue weighted by Crippen LogP contribution is -2.22. The first-order valence-corrected chi connectivity index (χ1v) is 4.07. The number of rotatable bonds is 3. The van der Waals surface area contributed by atoms with E-state index in [2.05, 4.69) is 15.3 Å². The molecule has 0 aliphatic carbocycles. The van der Waals surface area contributed by atoms with Crippen LogP contribution in [-0.4, -0.2) is 27.7 Å². The maximum Gasteiger partial charge on any atom is 0.252 e. The average molecular weight is 183 g/mol. The van der Waals surface area contributed by atoms with Gasteiger partial charge in [-0.25, -0.2) is 4.98 Å². The molecule has 0 aromatic carbocycles. The zero-order valence-electron chi connectivity index (χ0n) is 7.66. The van der Waals surface area contributed by atoms with Gasteiger partial charge in [-0.2, -0.15) is 0 Å². The van der Waals surface area contributed by atoms with E-state index in [1.807, 2.05) is 0 Å². The van der Waals surface area contributed by atoms with Crippen molar-refractivity contribution in [1.82, 2.24) is 9.97 Å². The number of nitrogens with zero attached hydrogens (tertiary/aromatic N) is 1. The van der Waals surface area contributed by atoms with E-state index in [1.54, 1.807) is 13.8 Å². The molecule has 1 rings (SSSR count). The van der Waals surface area contributed by atoms with Gasteiger partial charge in [0.2, 0.25) is 0 Å². The molecule has 0 bridgehead atoms. The molecule has 0 aliphatic rings. The topological polar surface area (TPSA) is 78.0 Å². The highest BCUT2D eigenvalue weighted by atomic mass is 16.3. The summed E-state index contributed by atoms with van der Waals surface area (Å²) in [6.07, 6.45) is 0. The number of aromatic nitrogens is 2. The predicted octanol–water partition coefficient (Wildman–Crippen LogP) is -0.129. The minimum Gasteiger partial charge on any atom is -0.394 e. The van der Waals surface area contributed by atoms with Crippen molar-refractivity contribution in [3.63, 3.8) is 0 Å². The van der Waals surface area contributed by atoms with Gasteiger partial charge in [0, 0.05) is 12.1 Å². The molecule has 1 atom stereocenters. The van der Waals surface area contributed by atoms with Crippen LogP contribution >= 0.6 is 0 Å². The van der Waals surface area contributed by atoms with Crippen LogP contribution in [-0.2, 0) is 0 Å². The zero-order chi connectivity index (χ0) is 9.84. The number of aliphatic hydroxyl groups excluding tert-OH is 1. The fourth-order valence-corrected chi connectivity index (χ4v) is 0.951. The Morgan fingerprint density at radius 3 is 3.00 bits per heavy atom. The van der Waals surface area contributed by atoms with Crippen LogP contribution in [0, 0.1) is 6.92 Å². The smallest absolute Gasteiger partial charge is 0.252 e. The summed E-state index contributed by atoms with van der Waals surface area (Å²) in [7, 11) is 0. The van der Waals surface area contributed by atoms with Crippen molar-refractivity contribution in [3.8, 4) is 0 Å². The Bertz CT molecular complexity index is 334. The highest BCUT2D eigenvalue weighted by Crippen LogP contribution is 1.99. The first-order valence-electron chi connectivity index (χ1n) is 4.07. The van der Waals surface area contributed by atoms with Crippen molar-refractivity contribution in [3.05, 3.63) is 22.2 Å². The molecule has 1 aromatic rings. The molecule has 3 N–H and O–H groups in total. The van der Waals surface area contributed by atoms with Crippen LogP contribution in [0.5, 0.6) is 0 Å². The van der Waals surface area contributed by atoms with E-state index in [4.69, 9.17) is 5.11 Å². The predicted molar refractivity (Wildman–Crippen MR) is 49.8 cm³/mol. The molecule has 0 saturated heterocycles. The molecular weight excluding hydrogens is 170 g/mol. The molecule has 0 saturated carbocycles. The Hall–Kier alpha value is -1.36. The second-order valence-electron chi connectivity index (χ2n) is 2.94. The number of hydrogen-bond acceptors (Lipinski definition) is 4. The van der Waals surface area contributed by atoms with Crippen LogP contribution in [0.1, 0.15) is 12.7 Å². The maximum absolute atomic E-state index is 11.0. The van der Waals surface area contributed by atoms with Crippen molar-refractivity contribution in [1.29, 1.82) is 0 Å². The Balaban J connectivity index is 2.83. The third-order valence-electron chi connectivity index (χ3n) is 1.53.